The third kappa shape index (κ3) is 6.19. The standard InChI is InChI=1S/C23H34ClN9OS/c1-31-11-13-32(14-12-31)20(16-5-3-2-4-6-16)21(34)26-23-30-29-22(35-23)25-17-9-10-33(15-17)19-8-7-18(24)27-28-19/h7-8,16-17,20H,2-6,9-15H2,1H3,(H,25,29)(H,26,30,34)/t17-,20+/m1/s1. The maximum Gasteiger partial charge on any atom is 0.243 e. The molecule has 10 nitrogen and oxygen atoms in total. The van der Waals surface area contributed by atoms with Crippen molar-refractivity contribution in [2.75, 3.05) is 61.8 Å². The van der Waals surface area contributed by atoms with E-state index in [4.69, 9.17) is 11.6 Å². The first kappa shape index (κ1) is 24.6. The van der Waals surface area contributed by atoms with Crippen molar-refractivity contribution in [3.63, 3.8) is 0 Å². The lowest BCUT2D eigenvalue weighted by molar-refractivity contribution is -0.124. The molecule has 3 aliphatic rings. The zero-order valence-corrected chi connectivity index (χ0v) is 21.8. The molecule has 3 fully saturated rings. The highest BCUT2D eigenvalue weighted by Gasteiger charge is 2.36. The summed E-state index contributed by atoms with van der Waals surface area (Å²) in [5, 5.41) is 24.9. The highest BCUT2D eigenvalue weighted by atomic mass is 35.5. The molecule has 2 atom stereocenters. The van der Waals surface area contributed by atoms with E-state index in [0.717, 1.165) is 69.5 Å². The molecular formula is C23H34ClN9OS. The summed E-state index contributed by atoms with van der Waals surface area (Å²) < 4.78 is 0. The van der Waals surface area contributed by atoms with E-state index in [1.807, 2.05) is 6.07 Å². The zero-order chi connectivity index (χ0) is 24.2. The van der Waals surface area contributed by atoms with Gasteiger partial charge in [0.25, 0.3) is 0 Å². The number of halogens is 1. The Morgan fingerprint density at radius 2 is 1.77 bits per heavy atom. The van der Waals surface area contributed by atoms with Crippen LogP contribution in [0.15, 0.2) is 12.1 Å². The Kier molecular flexibility index (Phi) is 7.96. The van der Waals surface area contributed by atoms with Crippen molar-refractivity contribution >= 4 is 44.9 Å². The van der Waals surface area contributed by atoms with Gasteiger partial charge in [0.1, 0.15) is 0 Å². The molecule has 2 aromatic heterocycles. The van der Waals surface area contributed by atoms with Gasteiger partial charge in [-0.15, -0.1) is 20.4 Å². The monoisotopic (exact) mass is 519 g/mol. The van der Waals surface area contributed by atoms with Gasteiger partial charge < -0.3 is 15.1 Å². The molecule has 1 amide bonds. The van der Waals surface area contributed by atoms with Gasteiger partial charge in [0.15, 0.2) is 11.0 Å². The van der Waals surface area contributed by atoms with Gasteiger partial charge in [0.2, 0.25) is 16.2 Å². The fourth-order valence-electron chi connectivity index (χ4n) is 5.48. The first-order chi connectivity index (χ1) is 17.0. The summed E-state index contributed by atoms with van der Waals surface area (Å²) >= 11 is 7.26. The number of nitrogens with zero attached hydrogens (tertiary/aromatic N) is 7. The average molecular weight is 520 g/mol. The molecule has 35 heavy (non-hydrogen) atoms. The minimum absolute atomic E-state index is 0.0671. The Hall–Kier alpha value is -2.08. The smallest absolute Gasteiger partial charge is 0.243 e. The molecule has 2 N–H and O–H groups in total. The number of amides is 1. The largest absolute Gasteiger partial charge is 0.355 e. The fourth-order valence-corrected chi connectivity index (χ4v) is 6.30. The third-order valence-electron chi connectivity index (χ3n) is 7.41. The molecule has 0 spiro atoms. The lowest BCUT2D eigenvalue weighted by Gasteiger charge is -2.41. The second kappa shape index (κ2) is 11.3. The van der Waals surface area contributed by atoms with Gasteiger partial charge >= 0.3 is 0 Å². The van der Waals surface area contributed by atoms with E-state index in [1.165, 1.54) is 30.6 Å². The minimum atomic E-state index is -0.0896. The molecule has 0 bridgehead atoms. The molecule has 0 radical (unpaired) electrons. The van der Waals surface area contributed by atoms with Crippen molar-refractivity contribution in [1.29, 1.82) is 0 Å². The summed E-state index contributed by atoms with van der Waals surface area (Å²) in [7, 11) is 2.15. The van der Waals surface area contributed by atoms with Crippen LogP contribution in [0.1, 0.15) is 38.5 Å². The van der Waals surface area contributed by atoms with E-state index in [9.17, 15) is 4.79 Å². The van der Waals surface area contributed by atoms with Gasteiger partial charge in [-0.1, -0.05) is 42.2 Å². The van der Waals surface area contributed by atoms with Gasteiger partial charge in [-0.05, 0) is 44.4 Å². The van der Waals surface area contributed by atoms with Crippen molar-refractivity contribution in [3.8, 4) is 0 Å². The molecule has 2 aromatic rings. The average Bonchev–Trinajstić information content (AvgIpc) is 3.51. The SMILES string of the molecule is CN1CCN([C@H](C(=O)Nc2nnc(N[C@@H]3CCN(c4ccc(Cl)nn4)C3)s2)C2CCCCC2)CC1. The number of carbonyl (C=O) groups is 1. The Morgan fingerprint density at radius 3 is 2.51 bits per heavy atom. The van der Waals surface area contributed by atoms with Crippen molar-refractivity contribution in [2.45, 2.75) is 50.6 Å². The van der Waals surface area contributed by atoms with E-state index >= 15 is 0 Å². The van der Waals surface area contributed by atoms with E-state index in [1.54, 1.807) is 6.07 Å². The van der Waals surface area contributed by atoms with Gasteiger partial charge in [-0.25, -0.2) is 0 Å². The van der Waals surface area contributed by atoms with Crippen LogP contribution < -0.4 is 15.5 Å². The van der Waals surface area contributed by atoms with Gasteiger partial charge in [0, 0.05) is 45.3 Å². The molecular weight excluding hydrogens is 486 g/mol. The summed E-state index contributed by atoms with van der Waals surface area (Å²) in [4.78, 5) is 20.4. The first-order valence-corrected chi connectivity index (χ1v) is 13.8. The van der Waals surface area contributed by atoms with Crippen LogP contribution in [0.4, 0.5) is 16.1 Å². The summed E-state index contributed by atoms with van der Waals surface area (Å²) in [5.74, 6) is 1.30. The normalized spacial score (nSPS) is 23.4. The summed E-state index contributed by atoms with van der Waals surface area (Å²) in [6.45, 7) is 5.55. The predicted octanol–water partition coefficient (Wildman–Crippen LogP) is 2.81. The highest BCUT2D eigenvalue weighted by molar-refractivity contribution is 7.19. The van der Waals surface area contributed by atoms with Crippen molar-refractivity contribution < 1.29 is 4.79 Å². The van der Waals surface area contributed by atoms with E-state index in [-0.39, 0.29) is 18.0 Å². The molecule has 0 unspecified atom stereocenters. The van der Waals surface area contributed by atoms with E-state index in [2.05, 4.69) is 52.8 Å². The Labute approximate surface area is 215 Å². The lowest BCUT2D eigenvalue weighted by atomic mass is 9.82. The first-order valence-electron chi connectivity index (χ1n) is 12.6. The van der Waals surface area contributed by atoms with Crippen LogP contribution in [-0.4, -0.2) is 94.5 Å². The van der Waals surface area contributed by atoms with Gasteiger partial charge in [-0.2, -0.15) is 0 Å². The quantitative estimate of drug-likeness (QED) is 0.571. The second-order valence-corrected chi connectivity index (χ2v) is 11.2. The van der Waals surface area contributed by atoms with Crippen molar-refractivity contribution in [2.24, 2.45) is 5.92 Å². The summed E-state index contributed by atoms with van der Waals surface area (Å²) in [6.07, 6.45) is 6.93. The molecule has 1 aliphatic carbocycles. The van der Waals surface area contributed by atoms with Gasteiger partial charge in [0.05, 0.1) is 6.04 Å². The van der Waals surface area contributed by atoms with E-state index in [0.29, 0.717) is 16.2 Å². The number of likely N-dealkylation sites (N-methyl/N-ethyl adjacent to an activating group) is 1. The number of nitrogens with one attached hydrogen (secondary N) is 2. The molecule has 12 heteroatoms. The summed E-state index contributed by atoms with van der Waals surface area (Å²) in [5.41, 5.74) is 0. The van der Waals surface area contributed by atoms with Crippen LogP contribution >= 0.6 is 22.9 Å². The Morgan fingerprint density at radius 1 is 1.00 bits per heavy atom. The van der Waals surface area contributed by atoms with E-state index < -0.39 is 0 Å². The molecule has 2 saturated heterocycles. The number of carbonyl (C=O) groups excluding carboxylic acids is 1. The molecule has 0 aromatic carbocycles. The van der Waals surface area contributed by atoms with Crippen LogP contribution in [-0.2, 0) is 4.79 Å². The molecule has 190 valence electrons. The molecule has 2 aliphatic heterocycles. The number of aromatic nitrogens is 4. The zero-order valence-electron chi connectivity index (χ0n) is 20.2. The van der Waals surface area contributed by atoms with Crippen LogP contribution in [0.3, 0.4) is 0 Å². The minimum Gasteiger partial charge on any atom is -0.355 e. The number of anilines is 3. The number of piperazine rings is 1. The number of hydrogen-bond donors (Lipinski definition) is 2. The third-order valence-corrected chi connectivity index (χ3v) is 8.38. The molecule has 5 rings (SSSR count). The fraction of sp³-hybridized carbons (Fsp3) is 0.696. The number of rotatable bonds is 7. The lowest BCUT2D eigenvalue weighted by Crippen LogP contribution is -2.55. The second-order valence-electron chi connectivity index (χ2n) is 9.87. The predicted molar refractivity (Wildman–Crippen MR) is 139 cm³/mol. The van der Waals surface area contributed by atoms with Gasteiger partial charge in [-0.3, -0.25) is 15.0 Å². The maximum absolute atomic E-state index is 13.5. The Bertz CT molecular complexity index is 976. The number of hydrogen-bond acceptors (Lipinski definition) is 10. The van der Waals surface area contributed by atoms with Crippen LogP contribution in [0, 0.1) is 5.92 Å². The van der Waals surface area contributed by atoms with Crippen LogP contribution in [0.25, 0.3) is 0 Å². The molecule has 1 saturated carbocycles. The Balaban J connectivity index is 1.18. The maximum atomic E-state index is 13.5. The van der Waals surface area contributed by atoms with Crippen LogP contribution in [0.2, 0.25) is 5.15 Å². The highest BCUT2D eigenvalue weighted by Crippen LogP contribution is 2.31. The summed E-state index contributed by atoms with van der Waals surface area (Å²) in [6, 6.07) is 3.78. The van der Waals surface area contributed by atoms with Crippen LogP contribution in [0.5, 0.6) is 0 Å². The van der Waals surface area contributed by atoms with Crippen molar-refractivity contribution in [1.82, 2.24) is 30.2 Å². The topological polar surface area (TPSA) is 102 Å². The van der Waals surface area contributed by atoms with Crippen molar-refractivity contribution in [3.05, 3.63) is 17.3 Å². The molecule has 4 heterocycles.